The van der Waals surface area contributed by atoms with Gasteiger partial charge in [0.1, 0.15) is 12.1 Å². The molecule has 1 aromatic heterocycles. The minimum atomic E-state index is -0.437. The Kier molecular flexibility index (Phi) is 5.64. The van der Waals surface area contributed by atoms with Crippen LogP contribution in [-0.2, 0) is 4.74 Å². The van der Waals surface area contributed by atoms with E-state index in [1.807, 2.05) is 18.2 Å². The highest BCUT2D eigenvalue weighted by atomic mass is 19.1. The molecule has 1 aliphatic rings. The molecule has 3 aromatic rings. The summed E-state index contributed by atoms with van der Waals surface area (Å²) in [5.74, 6) is 0.396. The van der Waals surface area contributed by atoms with E-state index >= 15 is 0 Å². The topological polar surface area (TPSA) is 59.5 Å². The van der Waals surface area contributed by atoms with Crippen LogP contribution in [0.1, 0.15) is 11.6 Å². The third-order valence-electron chi connectivity index (χ3n) is 4.97. The number of nitrogens with one attached hydrogen (secondary N) is 1. The van der Waals surface area contributed by atoms with E-state index in [0.717, 1.165) is 43.8 Å². The first kappa shape index (κ1) is 18.6. The number of aromatic nitrogens is 2. The van der Waals surface area contributed by atoms with Gasteiger partial charge in [0.25, 0.3) is 0 Å². The van der Waals surface area contributed by atoms with Crippen molar-refractivity contribution in [2.45, 2.75) is 6.04 Å². The predicted octanol–water partition coefficient (Wildman–Crippen LogP) is 3.26. The number of halogens is 1. The molecule has 1 atom stereocenters. The smallest absolute Gasteiger partial charge is 0.167 e. The van der Waals surface area contributed by atoms with Gasteiger partial charge in [-0.1, -0.05) is 30.3 Å². The number of anilines is 1. The zero-order valence-corrected chi connectivity index (χ0v) is 15.8. The summed E-state index contributed by atoms with van der Waals surface area (Å²) in [6.07, 6.45) is 1.45. The van der Waals surface area contributed by atoms with E-state index in [-0.39, 0.29) is 11.8 Å². The molecule has 146 valence electrons. The Labute approximate surface area is 163 Å². The van der Waals surface area contributed by atoms with Gasteiger partial charge in [-0.15, -0.1) is 0 Å². The molecule has 7 heteroatoms. The van der Waals surface area contributed by atoms with Crippen LogP contribution in [0.25, 0.3) is 10.9 Å². The first-order valence-corrected chi connectivity index (χ1v) is 9.34. The maximum atomic E-state index is 14.1. The van der Waals surface area contributed by atoms with Crippen LogP contribution < -0.4 is 10.1 Å². The fourth-order valence-electron chi connectivity index (χ4n) is 3.46. The van der Waals surface area contributed by atoms with Gasteiger partial charge in [-0.05, 0) is 11.6 Å². The van der Waals surface area contributed by atoms with E-state index < -0.39 is 5.82 Å². The van der Waals surface area contributed by atoms with Crippen LogP contribution in [0.2, 0.25) is 0 Å². The van der Waals surface area contributed by atoms with E-state index in [9.17, 15) is 4.39 Å². The van der Waals surface area contributed by atoms with Crippen LogP contribution in [0, 0.1) is 5.82 Å². The van der Waals surface area contributed by atoms with Crippen molar-refractivity contribution in [1.29, 1.82) is 0 Å². The Balaban J connectivity index is 1.67. The van der Waals surface area contributed by atoms with Crippen molar-refractivity contribution in [3.8, 4) is 5.75 Å². The van der Waals surface area contributed by atoms with E-state index in [2.05, 4.69) is 32.3 Å². The molecule has 2 aromatic carbocycles. The minimum Gasteiger partial charge on any atom is -0.494 e. The highest BCUT2D eigenvalue weighted by Gasteiger charge is 2.20. The minimum absolute atomic E-state index is 0.0217. The number of nitrogens with zero attached hydrogens (tertiary/aromatic N) is 3. The molecule has 4 rings (SSSR count). The molecular formula is C21H23FN4O2. The lowest BCUT2D eigenvalue weighted by Gasteiger charge is -2.31. The van der Waals surface area contributed by atoms with Crippen molar-refractivity contribution in [2.75, 3.05) is 45.3 Å². The van der Waals surface area contributed by atoms with Crippen LogP contribution in [0.5, 0.6) is 5.75 Å². The van der Waals surface area contributed by atoms with Crippen LogP contribution >= 0.6 is 0 Å². The van der Waals surface area contributed by atoms with Crippen molar-refractivity contribution < 1.29 is 13.9 Å². The molecule has 0 spiro atoms. The van der Waals surface area contributed by atoms with Crippen LogP contribution in [-0.4, -0.2) is 54.8 Å². The zero-order valence-electron chi connectivity index (χ0n) is 15.8. The molecule has 1 saturated heterocycles. The van der Waals surface area contributed by atoms with Crippen LogP contribution in [0.3, 0.4) is 0 Å². The fraction of sp³-hybridized carbons (Fsp3) is 0.333. The first-order valence-electron chi connectivity index (χ1n) is 9.34. The number of hydrogen-bond acceptors (Lipinski definition) is 6. The predicted molar refractivity (Wildman–Crippen MR) is 106 cm³/mol. The number of rotatable bonds is 6. The number of benzene rings is 2. The van der Waals surface area contributed by atoms with Crippen molar-refractivity contribution in [3.63, 3.8) is 0 Å². The molecule has 0 aliphatic carbocycles. The molecule has 1 aliphatic heterocycles. The summed E-state index contributed by atoms with van der Waals surface area (Å²) in [7, 11) is 1.45. The standard InChI is InChI=1S/C21H23FN4O2/c1-27-20-11-16-18(12-17(20)22)23-14-24-21(16)25-19(15-5-3-2-4-6-15)13-26-7-9-28-10-8-26/h2-6,11-12,14,19H,7-10,13H2,1H3,(H,23,24,25). The van der Waals surface area contributed by atoms with E-state index in [4.69, 9.17) is 9.47 Å². The molecule has 0 bridgehead atoms. The second kappa shape index (κ2) is 8.50. The van der Waals surface area contributed by atoms with Gasteiger partial charge in [-0.2, -0.15) is 0 Å². The first-order chi connectivity index (χ1) is 13.7. The average molecular weight is 382 g/mol. The fourth-order valence-corrected chi connectivity index (χ4v) is 3.46. The van der Waals surface area contributed by atoms with E-state index in [0.29, 0.717) is 11.3 Å². The molecular weight excluding hydrogens is 359 g/mol. The number of morpholine rings is 1. The molecule has 28 heavy (non-hydrogen) atoms. The normalized spacial score (nSPS) is 16.1. The molecule has 0 amide bonds. The lowest BCUT2D eigenvalue weighted by molar-refractivity contribution is 0.0361. The molecule has 1 N–H and O–H groups in total. The Morgan fingerprint density at radius 1 is 1.18 bits per heavy atom. The summed E-state index contributed by atoms with van der Waals surface area (Å²) < 4.78 is 24.7. The number of hydrogen-bond donors (Lipinski definition) is 1. The number of ether oxygens (including phenoxy) is 2. The van der Waals surface area contributed by atoms with Gasteiger partial charge in [0.05, 0.1) is 31.9 Å². The molecule has 6 nitrogen and oxygen atoms in total. The largest absolute Gasteiger partial charge is 0.494 e. The average Bonchev–Trinajstić information content (AvgIpc) is 2.74. The lowest BCUT2D eigenvalue weighted by atomic mass is 10.1. The molecule has 1 fully saturated rings. The second-order valence-electron chi connectivity index (χ2n) is 6.75. The summed E-state index contributed by atoms with van der Waals surface area (Å²) in [5.41, 5.74) is 1.70. The van der Waals surface area contributed by atoms with Gasteiger partial charge in [0, 0.05) is 31.1 Å². The van der Waals surface area contributed by atoms with Gasteiger partial charge in [-0.25, -0.2) is 14.4 Å². The van der Waals surface area contributed by atoms with Crippen molar-refractivity contribution in [2.24, 2.45) is 0 Å². The molecule has 0 radical (unpaired) electrons. The van der Waals surface area contributed by atoms with Gasteiger partial charge in [0.15, 0.2) is 11.6 Å². The monoisotopic (exact) mass is 382 g/mol. The highest BCUT2D eigenvalue weighted by Crippen LogP contribution is 2.29. The summed E-state index contributed by atoms with van der Waals surface area (Å²) in [6.45, 7) is 4.10. The Hall–Kier alpha value is -2.77. The molecule has 2 heterocycles. The number of fused-ring (bicyclic) bond motifs is 1. The number of methoxy groups -OCH3 is 1. The molecule has 1 unspecified atom stereocenters. The van der Waals surface area contributed by atoms with Gasteiger partial charge in [0.2, 0.25) is 0 Å². The van der Waals surface area contributed by atoms with E-state index in [1.54, 1.807) is 6.07 Å². The highest BCUT2D eigenvalue weighted by molar-refractivity contribution is 5.90. The molecule has 0 saturated carbocycles. The third-order valence-corrected chi connectivity index (χ3v) is 4.97. The van der Waals surface area contributed by atoms with Gasteiger partial charge >= 0.3 is 0 Å². The van der Waals surface area contributed by atoms with Crippen LogP contribution in [0.4, 0.5) is 10.2 Å². The summed E-state index contributed by atoms with van der Waals surface area (Å²) in [4.78, 5) is 11.0. The lowest BCUT2D eigenvalue weighted by Crippen LogP contribution is -2.40. The Morgan fingerprint density at radius 3 is 2.71 bits per heavy atom. The Bertz CT molecular complexity index is 932. The van der Waals surface area contributed by atoms with Gasteiger partial charge in [-0.3, -0.25) is 4.90 Å². The van der Waals surface area contributed by atoms with Crippen molar-refractivity contribution in [1.82, 2.24) is 14.9 Å². The SMILES string of the molecule is COc1cc2c(NC(CN3CCOCC3)c3ccccc3)ncnc2cc1F. The summed E-state index contributed by atoms with van der Waals surface area (Å²) >= 11 is 0. The second-order valence-corrected chi connectivity index (χ2v) is 6.75. The maximum Gasteiger partial charge on any atom is 0.167 e. The quantitative estimate of drug-likeness (QED) is 0.706. The van der Waals surface area contributed by atoms with Crippen molar-refractivity contribution in [3.05, 3.63) is 60.2 Å². The Morgan fingerprint density at radius 2 is 1.96 bits per heavy atom. The third kappa shape index (κ3) is 4.05. The van der Waals surface area contributed by atoms with Gasteiger partial charge < -0.3 is 14.8 Å². The van der Waals surface area contributed by atoms with E-state index in [1.165, 1.54) is 19.5 Å². The zero-order chi connectivity index (χ0) is 19.3. The summed E-state index contributed by atoms with van der Waals surface area (Å²) in [5, 5.41) is 4.27. The summed E-state index contributed by atoms with van der Waals surface area (Å²) in [6, 6.07) is 13.3. The van der Waals surface area contributed by atoms with Crippen LogP contribution in [0.15, 0.2) is 48.8 Å². The maximum absolute atomic E-state index is 14.1. The van der Waals surface area contributed by atoms with Crippen molar-refractivity contribution >= 4 is 16.7 Å².